The normalized spacial score (nSPS) is 10.8. The number of aryl methyl sites for hydroxylation is 1. The van der Waals surface area contributed by atoms with E-state index >= 15 is 0 Å². The molecule has 3 aromatic carbocycles. The van der Waals surface area contributed by atoms with Crippen molar-refractivity contribution in [3.05, 3.63) is 93.6 Å². The first kappa shape index (κ1) is 21.8. The lowest BCUT2D eigenvalue weighted by atomic mass is 10.0. The number of benzene rings is 3. The number of aromatic amines is 1. The Labute approximate surface area is 195 Å². The number of H-pyrrole nitrogens is 1. The molecular formula is C26H24BrN3O2. The average molecular weight is 490 g/mol. The van der Waals surface area contributed by atoms with Crippen LogP contribution in [0.5, 0.6) is 0 Å². The van der Waals surface area contributed by atoms with Crippen LogP contribution in [-0.4, -0.2) is 30.4 Å². The van der Waals surface area contributed by atoms with Gasteiger partial charge in [-0.25, -0.2) is 0 Å². The van der Waals surface area contributed by atoms with Crippen molar-refractivity contribution < 1.29 is 9.59 Å². The van der Waals surface area contributed by atoms with Crippen LogP contribution < -0.4 is 10.6 Å². The van der Waals surface area contributed by atoms with E-state index in [2.05, 4.69) is 44.5 Å². The summed E-state index contributed by atoms with van der Waals surface area (Å²) in [4.78, 5) is 27.9. The molecular weight excluding hydrogens is 466 g/mol. The van der Waals surface area contributed by atoms with Crippen LogP contribution >= 0.6 is 15.9 Å². The van der Waals surface area contributed by atoms with Crippen molar-refractivity contribution in [1.29, 1.82) is 0 Å². The van der Waals surface area contributed by atoms with E-state index in [4.69, 9.17) is 0 Å². The van der Waals surface area contributed by atoms with Gasteiger partial charge in [-0.2, -0.15) is 0 Å². The van der Waals surface area contributed by atoms with Crippen LogP contribution in [0.25, 0.3) is 22.0 Å². The van der Waals surface area contributed by atoms with Crippen LogP contribution in [0.2, 0.25) is 0 Å². The van der Waals surface area contributed by atoms with Gasteiger partial charge < -0.3 is 15.6 Å². The average Bonchev–Trinajstić information content (AvgIpc) is 3.15. The molecule has 0 aliphatic carbocycles. The lowest BCUT2D eigenvalue weighted by Gasteiger charge is -2.08. The number of rotatable bonds is 6. The Morgan fingerprint density at radius 2 is 1.66 bits per heavy atom. The molecule has 2 amide bonds. The number of carbonyl (C=O) groups excluding carboxylic acids is 2. The Kier molecular flexibility index (Phi) is 6.42. The standard InChI is InChI=1S/C26H24BrN3O2/c1-16-21(22-7-4-8-23(27)24(22)30-16)13-14-29-26(32)18-11-9-17(10-12-18)19-5-3-6-20(15-19)25(31)28-2/h3-12,15,30H,13-14H2,1-2H3,(H,28,31)(H,29,32). The lowest BCUT2D eigenvalue weighted by Crippen LogP contribution is -2.25. The number of para-hydroxylation sites is 1. The topological polar surface area (TPSA) is 74.0 Å². The zero-order chi connectivity index (χ0) is 22.7. The molecule has 4 rings (SSSR count). The highest BCUT2D eigenvalue weighted by Crippen LogP contribution is 2.28. The Balaban J connectivity index is 1.41. The number of halogens is 1. The summed E-state index contributed by atoms with van der Waals surface area (Å²) in [5, 5.41) is 6.83. The monoisotopic (exact) mass is 489 g/mol. The van der Waals surface area contributed by atoms with Gasteiger partial charge >= 0.3 is 0 Å². The molecule has 1 heterocycles. The number of hydrogen-bond acceptors (Lipinski definition) is 2. The summed E-state index contributed by atoms with van der Waals surface area (Å²) in [5.74, 6) is -0.227. The highest BCUT2D eigenvalue weighted by Gasteiger charge is 2.12. The van der Waals surface area contributed by atoms with Crippen LogP contribution in [0, 0.1) is 6.92 Å². The summed E-state index contributed by atoms with van der Waals surface area (Å²) in [7, 11) is 1.61. The molecule has 4 aromatic rings. The molecule has 0 aliphatic rings. The second kappa shape index (κ2) is 9.40. The van der Waals surface area contributed by atoms with E-state index in [1.165, 1.54) is 10.9 Å². The maximum absolute atomic E-state index is 12.6. The van der Waals surface area contributed by atoms with Gasteiger partial charge in [-0.15, -0.1) is 0 Å². The third-order valence-electron chi connectivity index (χ3n) is 5.60. The summed E-state index contributed by atoms with van der Waals surface area (Å²) in [6, 6.07) is 21.0. The molecule has 0 bridgehead atoms. The quantitative estimate of drug-likeness (QED) is 0.346. The minimum Gasteiger partial charge on any atom is -0.357 e. The van der Waals surface area contributed by atoms with Gasteiger partial charge in [0.05, 0.1) is 5.52 Å². The largest absolute Gasteiger partial charge is 0.357 e. The first-order valence-electron chi connectivity index (χ1n) is 10.4. The summed E-state index contributed by atoms with van der Waals surface area (Å²) >= 11 is 3.58. The molecule has 0 radical (unpaired) electrons. The van der Waals surface area contributed by atoms with Gasteiger partial charge in [0.15, 0.2) is 0 Å². The van der Waals surface area contributed by atoms with Crippen LogP contribution in [0.1, 0.15) is 32.0 Å². The van der Waals surface area contributed by atoms with Crippen molar-refractivity contribution in [3.8, 4) is 11.1 Å². The maximum Gasteiger partial charge on any atom is 0.251 e. The fraction of sp³-hybridized carbons (Fsp3) is 0.154. The number of nitrogens with one attached hydrogen (secondary N) is 3. The molecule has 6 heteroatoms. The summed E-state index contributed by atoms with van der Waals surface area (Å²) in [5.41, 5.74) is 6.51. The van der Waals surface area contributed by atoms with E-state index in [-0.39, 0.29) is 11.8 Å². The second-order valence-electron chi connectivity index (χ2n) is 7.63. The molecule has 0 spiro atoms. The summed E-state index contributed by atoms with van der Waals surface area (Å²) in [6.07, 6.45) is 0.748. The van der Waals surface area contributed by atoms with Gasteiger partial charge in [0, 0.05) is 40.3 Å². The van der Waals surface area contributed by atoms with Crippen LogP contribution in [-0.2, 0) is 6.42 Å². The first-order valence-corrected chi connectivity index (χ1v) is 11.2. The summed E-state index contributed by atoms with van der Waals surface area (Å²) in [6.45, 7) is 2.61. The van der Waals surface area contributed by atoms with E-state index < -0.39 is 0 Å². The molecule has 0 aliphatic heterocycles. The number of fused-ring (bicyclic) bond motifs is 1. The van der Waals surface area contributed by atoms with Gasteiger partial charge in [0.25, 0.3) is 11.8 Å². The third-order valence-corrected chi connectivity index (χ3v) is 6.26. The lowest BCUT2D eigenvalue weighted by molar-refractivity contribution is 0.0949. The SMILES string of the molecule is CNC(=O)c1cccc(-c2ccc(C(=O)NCCc3c(C)[nH]c4c(Br)cccc34)cc2)c1. The smallest absolute Gasteiger partial charge is 0.251 e. The Hall–Kier alpha value is -3.38. The van der Waals surface area contributed by atoms with Crippen LogP contribution in [0.3, 0.4) is 0 Å². The Morgan fingerprint density at radius 1 is 0.906 bits per heavy atom. The van der Waals surface area contributed by atoms with E-state index in [1.807, 2.05) is 54.6 Å². The van der Waals surface area contributed by atoms with Gasteiger partial charge in [0.2, 0.25) is 0 Å². The Morgan fingerprint density at radius 3 is 2.41 bits per heavy atom. The predicted octanol–water partition coefficient (Wildman–Crippen LogP) is 5.24. The number of hydrogen-bond donors (Lipinski definition) is 3. The van der Waals surface area contributed by atoms with E-state index in [9.17, 15) is 9.59 Å². The van der Waals surface area contributed by atoms with Crippen molar-refractivity contribution in [2.45, 2.75) is 13.3 Å². The van der Waals surface area contributed by atoms with Crippen LogP contribution in [0.15, 0.2) is 71.2 Å². The minimum absolute atomic E-state index is 0.102. The van der Waals surface area contributed by atoms with Crippen LogP contribution in [0.4, 0.5) is 0 Å². The molecule has 0 saturated carbocycles. The molecule has 5 nitrogen and oxygen atoms in total. The molecule has 162 valence electrons. The zero-order valence-electron chi connectivity index (χ0n) is 18.0. The molecule has 3 N–H and O–H groups in total. The molecule has 0 saturated heterocycles. The second-order valence-corrected chi connectivity index (χ2v) is 8.49. The number of aromatic nitrogens is 1. The summed E-state index contributed by atoms with van der Waals surface area (Å²) < 4.78 is 1.04. The van der Waals surface area contributed by atoms with Gasteiger partial charge in [0.1, 0.15) is 0 Å². The fourth-order valence-corrected chi connectivity index (χ4v) is 4.36. The van der Waals surface area contributed by atoms with Crippen molar-refractivity contribution in [2.75, 3.05) is 13.6 Å². The third kappa shape index (κ3) is 4.46. The molecule has 32 heavy (non-hydrogen) atoms. The highest BCUT2D eigenvalue weighted by molar-refractivity contribution is 9.10. The van der Waals surface area contributed by atoms with Crippen molar-refractivity contribution in [2.24, 2.45) is 0 Å². The fourth-order valence-electron chi connectivity index (χ4n) is 3.89. The maximum atomic E-state index is 12.6. The molecule has 0 atom stereocenters. The predicted molar refractivity (Wildman–Crippen MR) is 132 cm³/mol. The van der Waals surface area contributed by atoms with E-state index in [0.29, 0.717) is 17.7 Å². The van der Waals surface area contributed by atoms with Gasteiger partial charge in [-0.3, -0.25) is 9.59 Å². The Bertz CT molecular complexity index is 1290. The number of carbonyl (C=O) groups is 2. The first-order chi connectivity index (χ1) is 15.5. The number of amides is 2. The van der Waals surface area contributed by atoms with Gasteiger partial charge in [-0.1, -0.05) is 36.4 Å². The van der Waals surface area contributed by atoms with E-state index in [1.54, 1.807) is 13.1 Å². The molecule has 0 fully saturated rings. The zero-order valence-corrected chi connectivity index (χ0v) is 19.5. The van der Waals surface area contributed by atoms with Crippen molar-refractivity contribution in [1.82, 2.24) is 15.6 Å². The van der Waals surface area contributed by atoms with Crippen molar-refractivity contribution >= 4 is 38.6 Å². The molecule has 1 aromatic heterocycles. The van der Waals surface area contributed by atoms with Crippen molar-refractivity contribution in [3.63, 3.8) is 0 Å². The minimum atomic E-state index is -0.124. The van der Waals surface area contributed by atoms with Gasteiger partial charge in [-0.05, 0) is 76.3 Å². The molecule has 0 unspecified atom stereocenters. The highest BCUT2D eigenvalue weighted by atomic mass is 79.9. The van der Waals surface area contributed by atoms with E-state index in [0.717, 1.165) is 33.2 Å².